The van der Waals surface area contributed by atoms with Crippen molar-refractivity contribution < 1.29 is 4.52 Å². The van der Waals surface area contributed by atoms with Crippen LogP contribution in [0.4, 0.5) is 0 Å². The van der Waals surface area contributed by atoms with Crippen LogP contribution in [-0.2, 0) is 6.54 Å². The van der Waals surface area contributed by atoms with Crippen LogP contribution in [0, 0.1) is 6.92 Å². The van der Waals surface area contributed by atoms with Gasteiger partial charge in [-0.15, -0.1) is 0 Å². The van der Waals surface area contributed by atoms with E-state index in [0.717, 1.165) is 35.6 Å². The Morgan fingerprint density at radius 2 is 2.00 bits per heavy atom. The molecule has 74 valence electrons. The fourth-order valence-corrected chi connectivity index (χ4v) is 1.42. The maximum Gasteiger partial charge on any atom is 0.165 e. The van der Waals surface area contributed by atoms with Crippen LogP contribution in [0.3, 0.4) is 0 Å². The summed E-state index contributed by atoms with van der Waals surface area (Å²) < 4.78 is 6.19. The molecule has 0 fully saturated rings. The van der Waals surface area contributed by atoms with Gasteiger partial charge in [0, 0.05) is 0 Å². The number of rotatable bonds is 4. The van der Waals surface area contributed by atoms with E-state index in [0.29, 0.717) is 0 Å². The molecular weight excluding hydrogens is 232 g/mol. The van der Waals surface area contributed by atoms with Crippen molar-refractivity contribution in [3.63, 3.8) is 0 Å². The molecule has 0 saturated heterocycles. The van der Waals surface area contributed by atoms with Gasteiger partial charge in [-0.2, -0.15) is 0 Å². The molecule has 0 radical (unpaired) electrons. The van der Waals surface area contributed by atoms with Crippen LogP contribution in [-0.4, -0.2) is 23.1 Å². The second-order valence-corrected chi connectivity index (χ2v) is 3.76. The summed E-state index contributed by atoms with van der Waals surface area (Å²) in [4.78, 5) is 2.28. The van der Waals surface area contributed by atoms with E-state index in [4.69, 9.17) is 4.52 Å². The van der Waals surface area contributed by atoms with Gasteiger partial charge in [0.15, 0.2) is 5.76 Å². The number of hydrogen-bond acceptors (Lipinski definition) is 3. The molecule has 1 aromatic heterocycles. The molecule has 13 heavy (non-hydrogen) atoms. The summed E-state index contributed by atoms with van der Waals surface area (Å²) in [5, 5.41) is 3.89. The topological polar surface area (TPSA) is 29.3 Å². The van der Waals surface area contributed by atoms with Gasteiger partial charge in [0.2, 0.25) is 0 Å². The van der Waals surface area contributed by atoms with Crippen molar-refractivity contribution in [2.24, 2.45) is 0 Å². The van der Waals surface area contributed by atoms with Crippen LogP contribution in [0.15, 0.2) is 9.00 Å². The van der Waals surface area contributed by atoms with Gasteiger partial charge in [-0.3, -0.25) is 4.90 Å². The maximum absolute atomic E-state index is 5.19. The molecule has 1 heterocycles. The van der Waals surface area contributed by atoms with E-state index in [1.165, 1.54) is 0 Å². The van der Waals surface area contributed by atoms with E-state index in [1.54, 1.807) is 0 Å². The fraction of sp³-hybridized carbons (Fsp3) is 0.667. The number of halogens is 1. The molecule has 1 rings (SSSR count). The first kappa shape index (κ1) is 10.7. The average molecular weight is 247 g/mol. The Bertz CT molecular complexity index is 269. The highest BCUT2D eigenvalue weighted by Crippen LogP contribution is 2.21. The smallest absolute Gasteiger partial charge is 0.165 e. The molecule has 0 aliphatic heterocycles. The first-order valence-corrected chi connectivity index (χ1v) is 5.31. The SMILES string of the molecule is CCN(CC)Cc1onc(C)c1Br. The third-order valence-electron chi connectivity index (χ3n) is 2.12. The van der Waals surface area contributed by atoms with Gasteiger partial charge in [0.05, 0.1) is 16.7 Å². The van der Waals surface area contributed by atoms with Crippen molar-refractivity contribution in [3.05, 3.63) is 15.9 Å². The molecule has 1 aromatic rings. The van der Waals surface area contributed by atoms with E-state index >= 15 is 0 Å². The van der Waals surface area contributed by atoms with Crippen LogP contribution < -0.4 is 0 Å². The van der Waals surface area contributed by atoms with Gasteiger partial charge in [-0.25, -0.2) is 0 Å². The molecule has 0 aromatic carbocycles. The molecular formula is C9H15BrN2O. The molecule has 0 aliphatic carbocycles. The molecule has 0 amide bonds. The molecule has 4 heteroatoms. The number of nitrogens with zero attached hydrogens (tertiary/aromatic N) is 2. The summed E-state index contributed by atoms with van der Waals surface area (Å²) in [6, 6.07) is 0. The fourth-order valence-electron chi connectivity index (χ4n) is 1.15. The Morgan fingerprint density at radius 1 is 1.38 bits per heavy atom. The Morgan fingerprint density at radius 3 is 2.38 bits per heavy atom. The molecule has 0 saturated carbocycles. The summed E-state index contributed by atoms with van der Waals surface area (Å²) >= 11 is 3.45. The summed E-state index contributed by atoms with van der Waals surface area (Å²) in [6.45, 7) is 9.10. The standard InChI is InChI=1S/C9H15BrN2O/c1-4-12(5-2)6-8-9(10)7(3)11-13-8/h4-6H2,1-3H3. The lowest BCUT2D eigenvalue weighted by Crippen LogP contribution is -2.21. The molecule has 0 spiro atoms. The number of hydrogen-bond donors (Lipinski definition) is 0. The normalized spacial score (nSPS) is 11.2. The highest BCUT2D eigenvalue weighted by molar-refractivity contribution is 9.10. The number of aryl methyl sites for hydroxylation is 1. The first-order chi connectivity index (χ1) is 6.19. The summed E-state index contributed by atoms with van der Waals surface area (Å²) in [7, 11) is 0. The van der Waals surface area contributed by atoms with Gasteiger partial charge in [0.25, 0.3) is 0 Å². The van der Waals surface area contributed by atoms with Gasteiger partial charge in [0.1, 0.15) is 0 Å². The van der Waals surface area contributed by atoms with Crippen LogP contribution in [0.5, 0.6) is 0 Å². The largest absolute Gasteiger partial charge is 0.359 e. The van der Waals surface area contributed by atoms with Crippen molar-refractivity contribution in [1.29, 1.82) is 0 Å². The van der Waals surface area contributed by atoms with Gasteiger partial charge < -0.3 is 4.52 Å². The van der Waals surface area contributed by atoms with E-state index in [2.05, 4.69) is 39.8 Å². The quantitative estimate of drug-likeness (QED) is 0.818. The van der Waals surface area contributed by atoms with Crippen molar-refractivity contribution >= 4 is 15.9 Å². The van der Waals surface area contributed by atoms with Crippen LogP contribution in [0.1, 0.15) is 25.3 Å². The number of aromatic nitrogens is 1. The lowest BCUT2D eigenvalue weighted by Gasteiger charge is -2.15. The van der Waals surface area contributed by atoms with Crippen molar-refractivity contribution in [3.8, 4) is 0 Å². The lowest BCUT2D eigenvalue weighted by atomic mass is 10.3. The van der Waals surface area contributed by atoms with E-state index in [-0.39, 0.29) is 0 Å². The molecule has 0 unspecified atom stereocenters. The Kier molecular flexibility index (Phi) is 3.93. The predicted molar refractivity (Wildman–Crippen MR) is 55.6 cm³/mol. The highest BCUT2D eigenvalue weighted by atomic mass is 79.9. The van der Waals surface area contributed by atoms with E-state index in [9.17, 15) is 0 Å². The predicted octanol–water partition coefficient (Wildman–Crippen LogP) is 2.59. The molecule has 0 atom stereocenters. The minimum atomic E-state index is 0.828. The highest BCUT2D eigenvalue weighted by Gasteiger charge is 2.12. The minimum Gasteiger partial charge on any atom is -0.359 e. The second-order valence-electron chi connectivity index (χ2n) is 2.97. The zero-order chi connectivity index (χ0) is 9.84. The molecule has 0 aliphatic rings. The van der Waals surface area contributed by atoms with Crippen molar-refractivity contribution in [2.75, 3.05) is 13.1 Å². The molecule has 0 N–H and O–H groups in total. The third-order valence-corrected chi connectivity index (χ3v) is 3.13. The molecule has 3 nitrogen and oxygen atoms in total. The average Bonchev–Trinajstić information content (AvgIpc) is 2.45. The van der Waals surface area contributed by atoms with Crippen molar-refractivity contribution in [1.82, 2.24) is 10.1 Å². The monoisotopic (exact) mass is 246 g/mol. The van der Waals surface area contributed by atoms with Gasteiger partial charge in [-0.1, -0.05) is 19.0 Å². The summed E-state index contributed by atoms with van der Waals surface area (Å²) in [6.07, 6.45) is 0. The molecule has 0 bridgehead atoms. The maximum atomic E-state index is 5.19. The van der Waals surface area contributed by atoms with Crippen molar-refractivity contribution in [2.45, 2.75) is 27.3 Å². The van der Waals surface area contributed by atoms with E-state index in [1.807, 2.05) is 6.92 Å². The zero-order valence-corrected chi connectivity index (χ0v) is 9.89. The van der Waals surface area contributed by atoms with Gasteiger partial charge >= 0.3 is 0 Å². The van der Waals surface area contributed by atoms with Crippen LogP contribution >= 0.6 is 15.9 Å². The Labute approximate surface area is 87.2 Å². The van der Waals surface area contributed by atoms with Crippen LogP contribution in [0.25, 0.3) is 0 Å². The first-order valence-electron chi connectivity index (χ1n) is 4.52. The van der Waals surface area contributed by atoms with Gasteiger partial charge in [-0.05, 0) is 35.9 Å². The summed E-state index contributed by atoms with van der Waals surface area (Å²) in [5.74, 6) is 0.918. The summed E-state index contributed by atoms with van der Waals surface area (Å²) in [5.41, 5.74) is 0.919. The zero-order valence-electron chi connectivity index (χ0n) is 8.30. The minimum absolute atomic E-state index is 0.828. The lowest BCUT2D eigenvalue weighted by molar-refractivity contribution is 0.250. The third kappa shape index (κ3) is 2.54. The Balaban J connectivity index is 2.67. The second kappa shape index (κ2) is 4.77. The van der Waals surface area contributed by atoms with E-state index < -0.39 is 0 Å². The Hall–Kier alpha value is -0.350. The van der Waals surface area contributed by atoms with Crippen LogP contribution in [0.2, 0.25) is 0 Å².